The first-order valence-corrected chi connectivity index (χ1v) is 7.38. The Morgan fingerprint density at radius 3 is 1.94 bits per heavy atom. The van der Waals surface area contributed by atoms with Crippen LogP contribution in [0.1, 0.15) is 44.9 Å². The van der Waals surface area contributed by atoms with E-state index in [-0.39, 0.29) is 0 Å². The molecule has 2 aliphatic heterocycles. The van der Waals surface area contributed by atoms with E-state index in [1.165, 1.54) is 71.1 Å². The molecular weight excluding hydrogens is 196 g/mol. The molecular formula is C14H26N2. The van der Waals surface area contributed by atoms with Crippen LogP contribution in [0.25, 0.3) is 0 Å². The first-order valence-electron chi connectivity index (χ1n) is 7.38. The quantitative estimate of drug-likeness (QED) is 0.771. The lowest BCUT2D eigenvalue weighted by Crippen LogP contribution is -2.46. The van der Waals surface area contributed by atoms with Crippen LogP contribution in [0.2, 0.25) is 0 Å². The second kappa shape index (κ2) is 5.05. The van der Waals surface area contributed by atoms with E-state index in [0.717, 1.165) is 17.9 Å². The van der Waals surface area contributed by atoms with Gasteiger partial charge in [0.1, 0.15) is 0 Å². The summed E-state index contributed by atoms with van der Waals surface area (Å²) in [6, 6.07) is 0.981. The number of nitrogens with zero attached hydrogens (tertiary/aromatic N) is 1. The molecule has 0 aromatic carbocycles. The minimum absolute atomic E-state index is 0.981. The van der Waals surface area contributed by atoms with Crippen molar-refractivity contribution >= 4 is 0 Å². The van der Waals surface area contributed by atoms with E-state index in [0.29, 0.717) is 0 Å². The molecule has 0 amide bonds. The minimum atomic E-state index is 0.981. The highest BCUT2D eigenvalue weighted by Gasteiger charge is 2.31. The van der Waals surface area contributed by atoms with Gasteiger partial charge in [-0.3, -0.25) is 0 Å². The lowest BCUT2D eigenvalue weighted by atomic mass is 9.78. The summed E-state index contributed by atoms with van der Waals surface area (Å²) in [6.07, 6.45) is 10.3. The van der Waals surface area contributed by atoms with Crippen molar-refractivity contribution in [1.29, 1.82) is 0 Å². The molecule has 0 bridgehead atoms. The Hall–Kier alpha value is -0.0800. The highest BCUT2D eigenvalue weighted by Crippen LogP contribution is 2.34. The molecule has 1 aliphatic carbocycles. The smallest absolute Gasteiger partial charge is 0.00952 e. The molecule has 1 saturated carbocycles. The van der Waals surface area contributed by atoms with Crippen molar-refractivity contribution in [3.8, 4) is 0 Å². The molecule has 0 spiro atoms. The monoisotopic (exact) mass is 222 g/mol. The predicted octanol–water partition coefficient (Wildman–Crippen LogP) is 2.25. The van der Waals surface area contributed by atoms with Crippen LogP contribution in [0.5, 0.6) is 0 Å². The van der Waals surface area contributed by atoms with Crippen LogP contribution < -0.4 is 5.32 Å². The van der Waals surface area contributed by atoms with Gasteiger partial charge in [-0.1, -0.05) is 6.42 Å². The van der Waals surface area contributed by atoms with Crippen LogP contribution in [0, 0.1) is 11.8 Å². The number of nitrogens with one attached hydrogen (secondary N) is 1. The third-order valence-corrected chi connectivity index (χ3v) is 5.22. The zero-order chi connectivity index (χ0) is 10.8. The zero-order valence-electron chi connectivity index (χ0n) is 10.5. The molecule has 3 aliphatic rings. The lowest BCUT2D eigenvalue weighted by molar-refractivity contribution is 0.0635. The fourth-order valence-electron chi connectivity index (χ4n) is 3.82. The SMILES string of the molecule is C1CC(N2CCC(C3CCNCC3)CC2)C1. The Morgan fingerprint density at radius 2 is 1.38 bits per heavy atom. The maximum absolute atomic E-state index is 3.49. The third kappa shape index (κ3) is 2.28. The van der Waals surface area contributed by atoms with Crippen molar-refractivity contribution in [3.05, 3.63) is 0 Å². The van der Waals surface area contributed by atoms with Gasteiger partial charge >= 0.3 is 0 Å². The normalized spacial score (nSPS) is 31.5. The average molecular weight is 222 g/mol. The van der Waals surface area contributed by atoms with Crippen LogP contribution in [-0.2, 0) is 0 Å². The zero-order valence-corrected chi connectivity index (χ0v) is 10.5. The summed E-state index contributed by atoms with van der Waals surface area (Å²) >= 11 is 0. The van der Waals surface area contributed by atoms with E-state index in [4.69, 9.17) is 0 Å². The number of piperidine rings is 2. The Kier molecular flexibility index (Phi) is 3.49. The predicted molar refractivity (Wildman–Crippen MR) is 67.5 cm³/mol. The Balaban J connectivity index is 1.45. The Morgan fingerprint density at radius 1 is 0.750 bits per heavy atom. The van der Waals surface area contributed by atoms with Crippen molar-refractivity contribution in [3.63, 3.8) is 0 Å². The van der Waals surface area contributed by atoms with Crippen molar-refractivity contribution in [2.75, 3.05) is 26.2 Å². The molecule has 16 heavy (non-hydrogen) atoms. The Labute approximate surface area is 99.8 Å². The van der Waals surface area contributed by atoms with Gasteiger partial charge in [0.2, 0.25) is 0 Å². The highest BCUT2D eigenvalue weighted by molar-refractivity contribution is 4.86. The lowest BCUT2D eigenvalue weighted by Gasteiger charge is -2.44. The van der Waals surface area contributed by atoms with Crippen molar-refractivity contribution in [2.45, 2.75) is 51.0 Å². The van der Waals surface area contributed by atoms with Crippen molar-refractivity contribution in [2.24, 2.45) is 11.8 Å². The van der Waals surface area contributed by atoms with Gasteiger partial charge in [0.15, 0.2) is 0 Å². The molecule has 3 fully saturated rings. The molecule has 2 nitrogen and oxygen atoms in total. The Bertz CT molecular complexity index is 211. The van der Waals surface area contributed by atoms with Gasteiger partial charge in [-0.2, -0.15) is 0 Å². The van der Waals surface area contributed by atoms with Crippen molar-refractivity contribution in [1.82, 2.24) is 10.2 Å². The largest absolute Gasteiger partial charge is 0.317 e. The summed E-state index contributed by atoms with van der Waals surface area (Å²) in [5, 5.41) is 3.49. The van der Waals surface area contributed by atoms with Gasteiger partial charge in [-0.25, -0.2) is 0 Å². The summed E-state index contributed by atoms with van der Waals surface area (Å²) in [5.41, 5.74) is 0. The molecule has 2 heteroatoms. The highest BCUT2D eigenvalue weighted by atomic mass is 15.2. The summed E-state index contributed by atoms with van der Waals surface area (Å²) in [5.74, 6) is 2.10. The van der Waals surface area contributed by atoms with E-state index in [9.17, 15) is 0 Å². The summed E-state index contributed by atoms with van der Waals surface area (Å²) in [7, 11) is 0. The maximum atomic E-state index is 3.49. The standard InChI is InChI=1S/C14H26N2/c1-2-14(3-1)16-10-6-13(7-11-16)12-4-8-15-9-5-12/h12-15H,1-11H2. The van der Waals surface area contributed by atoms with Gasteiger partial charge in [0.05, 0.1) is 0 Å². The van der Waals surface area contributed by atoms with Crippen LogP contribution in [0.15, 0.2) is 0 Å². The van der Waals surface area contributed by atoms with Crippen LogP contribution in [0.3, 0.4) is 0 Å². The van der Waals surface area contributed by atoms with E-state index in [2.05, 4.69) is 10.2 Å². The first-order chi connectivity index (χ1) is 7.93. The number of likely N-dealkylation sites (tertiary alicyclic amines) is 1. The molecule has 3 rings (SSSR count). The second-order valence-corrected chi connectivity index (χ2v) is 6.05. The minimum Gasteiger partial charge on any atom is -0.317 e. The van der Waals surface area contributed by atoms with Crippen molar-refractivity contribution < 1.29 is 0 Å². The van der Waals surface area contributed by atoms with Crippen LogP contribution >= 0.6 is 0 Å². The molecule has 0 aromatic rings. The fourth-order valence-corrected chi connectivity index (χ4v) is 3.82. The van der Waals surface area contributed by atoms with Gasteiger partial charge in [0, 0.05) is 6.04 Å². The van der Waals surface area contributed by atoms with E-state index in [1.807, 2.05) is 0 Å². The van der Waals surface area contributed by atoms with E-state index in [1.54, 1.807) is 0 Å². The van der Waals surface area contributed by atoms with Crippen LogP contribution in [-0.4, -0.2) is 37.1 Å². The second-order valence-electron chi connectivity index (χ2n) is 6.05. The number of hydrogen-bond donors (Lipinski definition) is 1. The number of rotatable bonds is 2. The van der Waals surface area contributed by atoms with Crippen LogP contribution in [0.4, 0.5) is 0 Å². The summed E-state index contributed by atoms with van der Waals surface area (Å²) in [6.45, 7) is 5.35. The molecule has 92 valence electrons. The molecule has 0 aromatic heterocycles. The number of hydrogen-bond acceptors (Lipinski definition) is 2. The first kappa shape index (κ1) is 11.0. The third-order valence-electron chi connectivity index (χ3n) is 5.22. The van der Waals surface area contributed by atoms with Gasteiger partial charge in [0.25, 0.3) is 0 Å². The molecule has 0 atom stereocenters. The van der Waals surface area contributed by atoms with Gasteiger partial charge in [-0.05, 0) is 76.5 Å². The maximum Gasteiger partial charge on any atom is 0.00952 e. The topological polar surface area (TPSA) is 15.3 Å². The molecule has 2 heterocycles. The fraction of sp³-hybridized carbons (Fsp3) is 1.00. The average Bonchev–Trinajstić information content (AvgIpc) is 2.29. The molecule has 2 saturated heterocycles. The van der Waals surface area contributed by atoms with E-state index >= 15 is 0 Å². The van der Waals surface area contributed by atoms with Gasteiger partial charge < -0.3 is 10.2 Å². The summed E-state index contributed by atoms with van der Waals surface area (Å²) in [4.78, 5) is 2.78. The summed E-state index contributed by atoms with van der Waals surface area (Å²) < 4.78 is 0. The van der Waals surface area contributed by atoms with Gasteiger partial charge in [-0.15, -0.1) is 0 Å². The molecule has 0 radical (unpaired) electrons. The van der Waals surface area contributed by atoms with E-state index < -0.39 is 0 Å². The molecule has 0 unspecified atom stereocenters. The molecule has 1 N–H and O–H groups in total.